The van der Waals surface area contributed by atoms with Gasteiger partial charge in [0.05, 0.1) is 13.2 Å². The number of aryl methyl sites for hydroxylation is 3. The summed E-state index contributed by atoms with van der Waals surface area (Å²) in [6.45, 7) is 8.29. The summed E-state index contributed by atoms with van der Waals surface area (Å²) in [7, 11) is 0. The van der Waals surface area contributed by atoms with Crippen molar-refractivity contribution in [1.29, 1.82) is 0 Å². The Kier molecular flexibility index (Phi) is 11.4. The molecular weight excluding hydrogens is 424 g/mol. The number of hydrogen-bond acceptors (Lipinski definition) is 4. The van der Waals surface area contributed by atoms with Crippen LogP contribution in [0.15, 0.2) is 30.3 Å². The zero-order valence-electron chi connectivity index (χ0n) is 21.6. The van der Waals surface area contributed by atoms with Gasteiger partial charge < -0.3 is 18.9 Å². The summed E-state index contributed by atoms with van der Waals surface area (Å²) >= 11 is 0. The molecule has 3 rings (SSSR count). The van der Waals surface area contributed by atoms with Crippen LogP contribution in [0, 0.1) is 0 Å². The molecule has 0 saturated heterocycles. The summed E-state index contributed by atoms with van der Waals surface area (Å²) in [6, 6.07) is 10.9. The number of fused-ring (bicyclic) bond motifs is 1. The second-order valence-corrected chi connectivity index (χ2v) is 9.32. The molecule has 0 radical (unpaired) electrons. The van der Waals surface area contributed by atoms with Crippen LogP contribution in [0.3, 0.4) is 0 Å². The maximum Gasteiger partial charge on any atom is 0.231 e. The molecule has 1 heterocycles. The SMILES string of the molecule is CCCCCc1ccc(OCCCOc2cc3c(cc2CCCC)OCO3)c(CCCCC)c1. The van der Waals surface area contributed by atoms with Gasteiger partial charge in [0.25, 0.3) is 0 Å². The van der Waals surface area contributed by atoms with E-state index in [0.29, 0.717) is 13.2 Å². The van der Waals surface area contributed by atoms with Crippen molar-refractivity contribution >= 4 is 0 Å². The molecule has 4 heteroatoms. The highest BCUT2D eigenvalue weighted by atomic mass is 16.7. The molecule has 0 spiro atoms. The lowest BCUT2D eigenvalue weighted by molar-refractivity contribution is 0.173. The van der Waals surface area contributed by atoms with E-state index in [9.17, 15) is 0 Å². The molecule has 34 heavy (non-hydrogen) atoms. The molecule has 0 fully saturated rings. The molecule has 2 aromatic carbocycles. The number of rotatable bonds is 17. The molecule has 4 nitrogen and oxygen atoms in total. The zero-order valence-corrected chi connectivity index (χ0v) is 21.6. The topological polar surface area (TPSA) is 36.9 Å². The van der Waals surface area contributed by atoms with Crippen LogP contribution in [-0.4, -0.2) is 20.0 Å². The average Bonchev–Trinajstić information content (AvgIpc) is 3.31. The Bertz CT molecular complexity index is 861. The minimum Gasteiger partial charge on any atom is -0.493 e. The van der Waals surface area contributed by atoms with Gasteiger partial charge in [-0.05, 0) is 67.3 Å². The Morgan fingerprint density at radius 3 is 1.97 bits per heavy atom. The Labute approximate surface area is 207 Å². The third-order valence-electron chi connectivity index (χ3n) is 6.40. The highest BCUT2D eigenvalue weighted by molar-refractivity contribution is 5.52. The second kappa shape index (κ2) is 14.8. The number of hydrogen-bond donors (Lipinski definition) is 0. The molecule has 0 N–H and O–H groups in total. The normalized spacial score (nSPS) is 12.2. The predicted molar refractivity (Wildman–Crippen MR) is 140 cm³/mol. The van der Waals surface area contributed by atoms with Crippen LogP contribution in [0.2, 0.25) is 0 Å². The number of benzene rings is 2. The molecular formula is C30H44O4. The first-order valence-electron chi connectivity index (χ1n) is 13.5. The average molecular weight is 469 g/mol. The van der Waals surface area contributed by atoms with Crippen molar-refractivity contribution in [2.75, 3.05) is 20.0 Å². The second-order valence-electron chi connectivity index (χ2n) is 9.32. The van der Waals surface area contributed by atoms with Gasteiger partial charge in [0.1, 0.15) is 11.5 Å². The molecule has 0 bridgehead atoms. The van der Waals surface area contributed by atoms with Gasteiger partial charge in [0.2, 0.25) is 6.79 Å². The summed E-state index contributed by atoms with van der Waals surface area (Å²) in [4.78, 5) is 0. The third kappa shape index (κ3) is 8.14. The zero-order chi connectivity index (χ0) is 24.0. The molecule has 0 aliphatic carbocycles. The van der Waals surface area contributed by atoms with Gasteiger partial charge in [0, 0.05) is 12.5 Å². The van der Waals surface area contributed by atoms with E-state index in [2.05, 4.69) is 45.0 Å². The maximum absolute atomic E-state index is 6.23. The van der Waals surface area contributed by atoms with Gasteiger partial charge in [-0.2, -0.15) is 0 Å². The first-order chi connectivity index (χ1) is 16.7. The van der Waals surface area contributed by atoms with Crippen LogP contribution in [0.4, 0.5) is 0 Å². The first-order valence-corrected chi connectivity index (χ1v) is 13.5. The smallest absolute Gasteiger partial charge is 0.231 e. The largest absolute Gasteiger partial charge is 0.493 e. The van der Waals surface area contributed by atoms with Gasteiger partial charge in [-0.3, -0.25) is 0 Å². The van der Waals surface area contributed by atoms with Gasteiger partial charge in [-0.15, -0.1) is 0 Å². The van der Waals surface area contributed by atoms with Crippen LogP contribution in [0.5, 0.6) is 23.0 Å². The molecule has 2 aromatic rings. The lowest BCUT2D eigenvalue weighted by atomic mass is 10.0. The van der Waals surface area contributed by atoms with Gasteiger partial charge in [-0.25, -0.2) is 0 Å². The van der Waals surface area contributed by atoms with Crippen LogP contribution < -0.4 is 18.9 Å². The van der Waals surface area contributed by atoms with E-state index in [-0.39, 0.29) is 6.79 Å². The van der Waals surface area contributed by atoms with E-state index < -0.39 is 0 Å². The highest BCUT2D eigenvalue weighted by Gasteiger charge is 2.18. The fourth-order valence-electron chi connectivity index (χ4n) is 4.35. The lowest BCUT2D eigenvalue weighted by Crippen LogP contribution is -2.07. The monoisotopic (exact) mass is 468 g/mol. The molecule has 0 aromatic heterocycles. The Morgan fingerprint density at radius 2 is 1.24 bits per heavy atom. The van der Waals surface area contributed by atoms with Crippen molar-refractivity contribution in [2.24, 2.45) is 0 Å². The number of unbranched alkanes of at least 4 members (excludes halogenated alkanes) is 5. The summed E-state index contributed by atoms with van der Waals surface area (Å²) < 4.78 is 23.5. The van der Waals surface area contributed by atoms with Crippen LogP contribution >= 0.6 is 0 Å². The first kappa shape index (κ1) is 26.2. The van der Waals surface area contributed by atoms with Crippen molar-refractivity contribution in [3.8, 4) is 23.0 Å². The number of ether oxygens (including phenoxy) is 4. The van der Waals surface area contributed by atoms with Crippen LogP contribution in [0.1, 0.15) is 95.2 Å². The van der Waals surface area contributed by atoms with Crippen molar-refractivity contribution in [2.45, 2.75) is 97.8 Å². The van der Waals surface area contributed by atoms with E-state index in [1.807, 2.05) is 6.07 Å². The van der Waals surface area contributed by atoms with Crippen molar-refractivity contribution in [1.82, 2.24) is 0 Å². The van der Waals surface area contributed by atoms with E-state index in [4.69, 9.17) is 18.9 Å². The van der Waals surface area contributed by atoms with Crippen LogP contribution in [-0.2, 0) is 19.3 Å². The van der Waals surface area contributed by atoms with Crippen molar-refractivity contribution in [3.63, 3.8) is 0 Å². The van der Waals surface area contributed by atoms with Crippen molar-refractivity contribution < 1.29 is 18.9 Å². The summed E-state index contributed by atoms with van der Waals surface area (Å²) in [5.41, 5.74) is 4.00. The lowest BCUT2D eigenvalue weighted by Gasteiger charge is -2.15. The van der Waals surface area contributed by atoms with E-state index in [1.165, 1.54) is 61.6 Å². The Balaban J connectivity index is 1.52. The molecule has 0 saturated carbocycles. The van der Waals surface area contributed by atoms with E-state index in [1.54, 1.807) is 0 Å². The predicted octanol–water partition coefficient (Wildman–Crippen LogP) is 8.07. The summed E-state index contributed by atoms with van der Waals surface area (Å²) in [5, 5.41) is 0. The fraction of sp³-hybridized carbons (Fsp3) is 0.600. The van der Waals surface area contributed by atoms with Gasteiger partial charge in [0.15, 0.2) is 11.5 Å². The molecule has 0 amide bonds. The van der Waals surface area contributed by atoms with Crippen LogP contribution in [0.25, 0.3) is 0 Å². The molecule has 1 aliphatic heterocycles. The fourth-order valence-corrected chi connectivity index (χ4v) is 4.35. The minimum atomic E-state index is 0.290. The molecule has 1 aliphatic rings. The Hall–Kier alpha value is -2.36. The highest BCUT2D eigenvalue weighted by Crippen LogP contribution is 2.38. The quantitative estimate of drug-likeness (QED) is 0.220. The minimum absolute atomic E-state index is 0.290. The molecule has 188 valence electrons. The molecule has 0 atom stereocenters. The standard InChI is InChI=1S/C30H44O4/c1-4-7-10-13-24-16-17-27(25(20-24)15-11-8-5-2)31-18-12-19-32-28-22-30-29(33-23-34-30)21-26(28)14-9-6-3/h16-17,20-22H,4-15,18-19,23H2,1-3H3. The van der Waals surface area contributed by atoms with Crippen molar-refractivity contribution in [3.05, 3.63) is 47.0 Å². The van der Waals surface area contributed by atoms with E-state index in [0.717, 1.165) is 55.1 Å². The third-order valence-corrected chi connectivity index (χ3v) is 6.40. The maximum atomic E-state index is 6.23. The van der Waals surface area contributed by atoms with Gasteiger partial charge >= 0.3 is 0 Å². The summed E-state index contributed by atoms with van der Waals surface area (Å²) in [6.07, 6.45) is 13.9. The van der Waals surface area contributed by atoms with E-state index >= 15 is 0 Å². The Morgan fingerprint density at radius 1 is 0.618 bits per heavy atom. The molecule has 0 unspecified atom stereocenters. The summed E-state index contributed by atoms with van der Waals surface area (Å²) in [5.74, 6) is 3.56. The van der Waals surface area contributed by atoms with Gasteiger partial charge in [-0.1, -0.05) is 65.0 Å².